The van der Waals surface area contributed by atoms with Gasteiger partial charge < -0.3 is 4.74 Å². The van der Waals surface area contributed by atoms with Gasteiger partial charge in [0.2, 0.25) is 0 Å². The Morgan fingerprint density at radius 1 is 1.27 bits per heavy atom. The minimum atomic E-state index is -2.88. The van der Waals surface area contributed by atoms with E-state index in [0.29, 0.717) is 5.39 Å². The first kappa shape index (κ1) is 10.0. The van der Waals surface area contributed by atoms with Crippen molar-refractivity contribution in [2.45, 2.75) is 6.61 Å². The highest BCUT2D eigenvalue weighted by Gasteiger charge is 2.10. The molecule has 0 saturated carbocycles. The van der Waals surface area contributed by atoms with Crippen molar-refractivity contribution in [2.75, 3.05) is 0 Å². The Balaban J connectivity index is 2.61. The molecule has 0 aliphatic heterocycles. The standard InChI is InChI=1S/C9H5ClF2N2O/c10-8-5-2-1-3-6(15-9(11)12)7(5)13-4-14-8/h1-4,9H. The van der Waals surface area contributed by atoms with E-state index in [2.05, 4.69) is 14.7 Å². The van der Waals surface area contributed by atoms with E-state index in [-0.39, 0.29) is 16.4 Å². The Morgan fingerprint density at radius 3 is 2.80 bits per heavy atom. The monoisotopic (exact) mass is 230 g/mol. The maximum absolute atomic E-state index is 12.1. The van der Waals surface area contributed by atoms with Crippen LogP contribution in [-0.4, -0.2) is 16.6 Å². The van der Waals surface area contributed by atoms with Gasteiger partial charge in [0.1, 0.15) is 17.0 Å². The van der Waals surface area contributed by atoms with E-state index in [9.17, 15) is 8.78 Å². The van der Waals surface area contributed by atoms with Crippen LogP contribution in [0.2, 0.25) is 5.15 Å². The highest BCUT2D eigenvalue weighted by Crippen LogP contribution is 2.27. The topological polar surface area (TPSA) is 35.0 Å². The van der Waals surface area contributed by atoms with Crippen molar-refractivity contribution in [3.8, 4) is 5.75 Å². The molecule has 15 heavy (non-hydrogen) atoms. The van der Waals surface area contributed by atoms with Crippen LogP contribution in [0.15, 0.2) is 24.5 Å². The van der Waals surface area contributed by atoms with Crippen LogP contribution < -0.4 is 4.74 Å². The second-order valence-electron chi connectivity index (χ2n) is 2.70. The molecule has 1 aromatic carbocycles. The molecule has 0 aliphatic rings. The molecule has 0 aliphatic carbocycles. The summed E-state index contributed by atoms with van der Waals surface area (Å²) in [5.41, 5.74) is 0.276. The average molecular weight is 231 g/mol. The summed E-state index contributed by atoms with van der Waals surface area (Å²) < 4.78 is 28.4. The first-order valence-electron chi connectivity index (χ1n) is 4.02. The van der Waals surface area contributed by atoms with Gasteiger partial charge in [0, 0.05) is 5.39 Å². The van der Waals surface area contributed by atoms with Crippen LogP contribution in [-0.2, 0) is 0 Å². The zero-order valence-corrected chi connectivity index (χ0v) is 8.08. The Hall–Kier alpha value is -1.49. The van der Waals surface area contributed by atoms with Gasteiger partial charge in [0.05, 0.1) is 0 Å². The largest absolute Gasteiger partial charge is 0.432 e. The number of nitrogens with zero attached hydrogens (tertiary/aromatic N) is 2. The molecule has 0 spiro atoms. The number of ether oxygens (including phenoxy) is 1. The summed E-state index contributed by atoms with van der Waals surface area (Å²) in [6, 6.07) is 4.59. The van der Waals surface area contributed by atoms with Gasteiger partial charge in [0.25, 0.3) is 0 Å². The van der Waals surface area contributed by atoms with Gasteiger partial charge >= 0.3 is 6.61 Å². The quantitative estimate of drug-likeness (QED) is 0.744. The number of halogens is 3. The third-order valence-corrected chi connectivity index (χ3v) is 2.10. The summed E-state index contributed by atoms with van der Waals surface area (Å²) in [7, 11) is 0. The van der Waals surface area contributed by atoms with Gasteiger partial charge in [-0.1, -0.05) is 17.7 Å². The van der Waals surface area contributed by atoms with Crippen molar-refractivity contribution in [3.05, 3.63) is 29.7 Å². The highest BCUT2D eigenvalue weighted by atomic mass is 35.5. The van der Waals surface area contributed by atoms with Crippen molar-refractivity contribution in [1.29, 1.82) is 0 Å². The lowest BCUT2D eigenvalue weighted by molar-refractivity contribution is -0.0489. The second kappa shape index (κ2) is 3.94. The zero-order chi connectivity index (χ0) is 10.8. The number of hydrogen-bond donors (Lipinski definition) is 0. The molecule has 0 atom stereocenters. The summed E-state index contributed by atoms with van der Waals surface area (Å²) in [5.74, 6) is -0.00759. The molecule has 6 heteroatoms. The predicted molar refractivity (Wildman–Crippen MR) is 51.2 cm³/mol. The lowest BCUT2D eigenvalue weighted by Crippen LogP contribution is -2.02. The van der Waals surface area contributed by atoms with E-state index in [1.54, 1.807) is 12.1 Å². The number of benzene rings is 1. The molecule has 0 saturated heterocycles. The van der Waals surface area contributed by atoms with Crippen molar-refractivity contribution < 1.29 is 13.5 Å². The molecule has 1 heterocycles. The summed E-state index contributed by atoms with van der Waals surface area (Å²) in [6.45, 7) is -2.88. The second-order valence-corrected chi connectivity index (χ2v) is 3.05. The Kier molecular flexibility index (Phi) is 2.64. The normalized spacial score (nSPS) is 10.9. The molecule has 0 radical (unpaired) electrons. The Bertz CT molecular complexity index is 492. The number of rotatable bonds is 2. The number of aromatic nitrogens is 2. The summed E-state index contributed by atoms with van der Waals surface area (Å²) in [4.78, 5) is 7.58. The van der Waals surface area contributed by atoms with E-state index in [0.717, 1.165) is 0 Å². The average Bonchev–Trinajstić information content (AvgIpc) is 2.19. The molecule has 78 valence electrons. The van der Waals surface area contributed by atoms with Crippen LogP contribution in [0.5, 0.6) is 5.75 Å². The third-order valence-electron chi connectivity index (χ3n) is 1.80. The maximum atomic E-state index is 12.1. The Labute approximate surface area is 88.7 Å². The van der Waals surface area contributed by atoms with Gasteiger partial charge in [-0.15, -0.1) is 0 Å². The Morgan fingerprint density at radius 2 is 2.07 bits per heavy atom. The fourth-order valence-electron chi connectivity index (χ4n) is 1.22. The van der Waals surface area contributed by atoms with Crippen molar-refractivity contribution in [3.63, 3.8) is 0 Å². The van der Waals surface area contributed by atoms with E-state index in [1.807, 2.05) is 0 Å². The minimum Gasteiger partial charge on any atom is -0.432 e. The third kappa shape index (κ3) is 1.97. The molecule has 0 fully saturated rings. The lowest BCUT2D eigenvalue weighted by Gasteiger charge is -2.06. The van der Waals surface area contributed by atoms with Gasteiger partial charge in [-0.05, 0) is 12.1 Å². The lowest BCUT2D eigenvalue weighted by atomic mass is 10.2. The van der Waals surface area contributed by atoms with Crippen LogP contribution in [0.1, 0.15) is 0 Å². The van der Waals surface area contributed by atoms with Crippen LogP contribution in [0, 0.1) is 0 Å². The van der Waals surface area contributed by atoms with E-state index in [1.165, 1.54) is 12.4 Å². The smallest absolute Gasteiger partial charge is 0.387 e. The van der Waals surface area contributed by atoms with E-state index < -0.39 is 6.61 Å². The summed E-state index contributed by atoms with van der Waals surface area (Å²) >= 11 is 5.77. The van der Waals surface area contributed by atoms with Crippen molar-refractivity contribution >= 4 is 22.5 Å². The highest BCUT2D eigenvalue weighted by molar-refractivity contribution is 6.34. The number of alkyl halides is 2. The predicted octanol–water partition coefficient (Wildman–Crippen LogP) is 2.88. The fraction of sp³-hybridized carbons (Fsp3) is 0.111. The van der Waals surface area contributed by atoms with Crippen LogP contribution in [0.3, 0.4) is 0 Å². The molecule has 2 rings (SSSR count). The van der Waals surface area contributed by atoms with E-state index in [4.69, 9.17) is 11.6 Å². The van der Waals surface area contributed by atoms with Crippen LogP contribution in [0.4, 0.5) is 8.78 Å². The molecule has 1 aromatic heterocycles. The minimum absolute atomic E-state index is 0.00759. The summed E-state index contributed by atoms with van der Waals surface area (Å²) in [6.07, 6.45) is 1.20. The van der Waals surface area contributed by atoms with Crippen molar-refractivity contribution in [1.82, 2.24) is 9.97 Å². The van der Waals surface area contributed by atoms with Gasteiger partial charge in [-0.2, -0.15) is 8.78 Å². The SMILES string of the molecule is FC(F)Oc1cccc2c(Cl)ncnc12. The number of para-hydroxylation sites is 1. The first-order valence-corrected chi connectivity index (χ1v) is 4.40. The molecule has 0 amide bonds. The van der Waals surface area contributed by atoms with Crippen LogP contribution in [0.25, 0.3) is 10.9 Å². The van der Waals surface area contributed by atoms with Gasteiger partial charge in [-0.3, -0.25) is 0 Å². The molecule has 0 bridgehead atoms. The summed E-state index contributed by atoms with van der Waals surface area (Å²) in [5, 5.41) is 0.692. The molecular weight excluding hydrogens is 226 g/mol. The number of fused-ring (bicyclic) bond motifs is 1. The molecular formula is C9H5ClF2N2O. The molecule has 0 N–H and O–H groups in total. The maximum Gasteiger partial charge on any atom is 0.387 e. The zero-order valence-electron chi connectivity index (χ0n) is 7.32. The molecule has 2 aromatic rings. The molecule has 0 unspecified atom stereocenters. The van der Waals surface area contributed by atoms with Crippen LogP contribution >= 0.6 is 11.6 Å². The van der Waals surface area contributed by atoms with Gasteiger partial charge in [0.15, 0.2) is 5.75 Å². The van der Waals surface area contributed by atoms with E-state index >= 15 is 0 Å². The van der Waals surface area contributed by atoms with Gasteiger partial charge in [-0.25, -0.2) is 9.97 Å². The first-order chi connectivity index (χ1) is 7.18. The molecule has 3 nitrogen and oxygen atoms in total. The number of hydrogen-bond acceptors (Lipinski definition) is 3. The van der Waals surface area contributed by atoms with Crippen molar-refractivity contribution in [2.24, 2.45) is 0 Å². The fourth-order valence-corrected chi connectivity index (χ4v) is 1.42.